The second kappa shape index (κ2) is 4.08. The van der Waals surface area contributed by atoms with Gasteiger partial charge < -0.3 is 15.9 Å². The lowest BCUT2D eigenvalue weighted by Crippen LogP contribution is -1.94. The van der Waals surface area contributed by atoms with Gasteiger partial charge in [0.15, 0.2) is 5.76 Å². The molecule has 0 fully saturated rings. The predicted molar refractivity (Wildman–Crippen MR) is 67.3 cm³/mol. The maximum Gasteiger partial charge on any atom is 0.152 e. The van der Waals surface area contributed by atoms with Crippen molar-refractivity contribution in [3.8, 4) is 11.5 Å². The molecule has 0 spiro atoms. The van der Waals surface area contributed by atoms with Gasteiger partial charge in [-0.2, -0.15) is 0 Å². The molecule has 3 aromatic heterocycles. The van der Waals surface area contributed by atoms with Crippen LogP contribution in [0.1, 0.15) is 5.56 Å². The average molecular weight is 241 g/mol. The van der Waals surface area contributed by atoms with Crippen molar-refractivity contribution >= 4 is 16.7 Å². The summed E-state index contributed by atoms with van der Waals surface area (Å²) >= 11 is 0. The first-order chi connectivity index (χ1) is 8.78. The first-order valence-corrected chi connectivity index (χ1v) is 5.42. The smallest absolute Gasteiger partial charge is 0.152 e. The Bertz CT molecular complexity index is 707. The molecule has 0 radical (unpaired) electrons. The van der Waals surface area contributed by atoms with E-state index in [1.54, 1.807) is 12.5 Å². The quantitative estimate of drug-likeness (QED) is 0.701. The van der Waals surface area contributed by atoms with Crippen LogP contribution in [0.25, 0.3) is 22.4 Å². The Labute approximate surface area is 103 Å². The van der Waals surface area contributed by atoms with E-state index < -0.39 is 0 Å². The Morgan fingerprint density at radius 2 is 2.06 bits per heavy atom. The molecule has 0 amide bonds. The van der Waals surface area contributed by atoms with Gasteiger partial charge in [0, 0.05) is 17.5 Å². The van der Waals surface area contributed by atoms with E-state index in [1.165, 1.54) is 6.33 Å². The molecule has 3 heterocycles. The molecule has 6 nitrogen and oxygen atoms in total. The van der Waals surface area contributed by atoms with Crippen molar-refractivity contribution < 1.29 is 4.42 Å². The molecule has 0 saturated heterocycles. The van der Waals surface area contributed by atoms with Crippen LogP contribution < -0.4 is 11.5 Å². The number of nitrogens with two attached hydrogens (primary N) is 2. The van der Waals surface area contributed by atoms with Crippen molar-refractivity contribution in [3.05, 3.63) is 36.5 Å². The van der Waals surface area contributed by atoms with Gasteiger partial charge in [0.1, 0.15) is 17.8 Å². The number of hydrogen-bond acceptors (Lipinski definition) is 6. The molecule has 0 aliphatic rings. The van der Waals surface area contributed by atoms with Crippen molar-refractivity contribution in [1.82, 2.24) is 15.0 Å². The summed E-state index contributed by atoms with van der Waals surface area (Å²) in [6.45, 7) is 0.433. The molecule has 3 aromatic rings. The Kier molecular flexibility index (Phi) is 2.42. The van der Waals surface area contributed by atoms with Crippen LogP contribution in [0.3, 0.4) is 0 Å². The molecular weight excluding hydrogens is 230 g/mol. The molecule has 4 N–H and O–H groups in total. The third-order valence-corrected chi connectivity index (χ3v) is 2.69. The van der Waals surface area contributed by atoms with Gasteiger partial charge in [0.2, 0.25) is 0 Å². The normalized spacial score (nSPS) is 10.9. The second-order valence-corrected chi connectivity index (χ2v) is 3.87. The van der Waals surface area contributed by atoms with Crippen molar-refractivity contribution in [2.45, 2.75) is 6.54 Å². The van der Waals surface area contributed by atoms with Crippen LogP contribution in [0.15, 0.2) is 35.3 Å². The minimum atomic E-state index is 0.425. The van der Waals surface area contributed by atoms with Crippen LogP contribution in [0.4, 0.5) is 5.82 Å². The van der Waals surface area contributed by atoms with E-state index in [2.05, 4.69) is 15.0 Å². The van der Waals surface area contributed by atoms with E-state index in [1.807, 2.05) is 12.1 Å². The van der Waals surface area contributed by atoms with Gasteiger partial charge in [0.05, 0.1) is 18.0 Å². The summed E-state index contributed by atoms with van der Waals surface area (Å²) in [7, 11) is 0. The molecule has 90 valence electrons. The average Bonchev–Trinajstić information content (AvgIpc) is 2.88. The largest absolute Gasteiger partial charge is 0.462 e. The Morgan fingerprint density at radius 1 is 1.17 bits per heavy atom. The molecule has 6 heteroatoms. The molecule has 0 aliphatic heterocycles. The summed E-state index contributed by atoms with van der Waals surface area (Å²) in [5.41, 5.74) is 13.7. The van der Waals surface area contributed by atoms with Gasteiger partial charge in [-0.3, -0.25) is 4.98 Å². The number of pyridine rings is 1. The number of fused-ring (bicyclic) bond motifs is 1. The summed E-state index contributed by atoms with van der Waals surface area (Å²) in [5.74, 6) is 1.08. The molecule has 18 heavy (non-hydrogen) atoms. The van der Waals surface area contributed by atoms with Gasteiger partial charge in [-0.15, -0.1) is 0 Å². The maximum atomic E-state index is 5.81. The van der Waals surface area contributed by atoms with Crippen LogP contribution in [0.2, 0.25) is 0 Å². The maximum absolute atomic E-state index is 5.81. The molecule has 0 saturated carbocycles. The van der Waals surface area contributed by atoms with Gasteiger partial charge >= 0.3 is 0 Å². The Hall–Kier alpha value is -2.47. The lowest BCUT2D eigenvalue weighted by Gasteiger charge is -2.01. The Balaban J connectivity index is 2.15. The number of hydrogen-bond donors (Lipinski definition) is 2. The van der Waals surface area contributed by atoms with Crippen LogP contribution in [0, 0.1) is 0 Å². The zero-order valence-electron chi connectivity index (χ0n) is 9.50. The van der Waals surface area contributed by atoms with E-state index in [4.69, 9.17) is 15.9 Å². The number of nitrogens with zero attached hydrogens (tertiary/aromatic N) is 3. The molecule has 3 rings (SSSR count). The lowest BCUT2D eigenvalue weighted by atomic mass is 10.2. The molecule has 0 atom stereocenters. The van der Waals surface area contributed by atoms with Crippen molar-refractivity contribution in [3.63, 3.8) is 0 Å². The van der Waals surface area contributed by atoms with Crippen molar-refractivity contribution in [2.75, 3.05) is 5.73 Å². The summed E-state index contributed by atoms with van der Waals surface area (Å²) in [5, 5.41) is 0.758. The summed E-state index contributed by atoms with van der Waals surface area (Å²) in [4.78, 5) is 12.3. The van der Waals surface area contributed by atoms with E-state index >= 15 is 0 Å². The van der Waals surface area contributed by atoms with Crippen LogP contribution in [-0.2, 0) is 6.54 Å². The van der Waals surface area contributed by atoms with Crippen LogP contribution in [0.5, 0.6) is 0 Å². The minimum Gasteiger partial charge on any atom is -0.462 e. The molecule has 0 bridgehead atoms. The van der Waals surface area contributed by atoms with E-state index in [9.17, 15) is 0 Å². The van der Waals surface area contributed by atoms with Gasteiger partial charge in [-0.05, 0) is 12.1 Å². The fourth-order valence-corrected chi connectivity index (χ4v) is 1.73. The summed E-state index contributed by atoms with van der Waals surface area (Å²) in [6, 6.07) is 3.66. The standard InChI is InChI=1S/C12H11N5O/c13-3-7-1-11(18-5-7)9-2-8-10(4-15-9)16-6-17-12(8)14/h1-2,4-6H,3,13H2,(H2,14,16,17). The third-order valence-electron chi connectivity index (χ3n) is 2.69. The highest BCUT2D eigenvalue weighted by Gasteiger charge is 2.08. The number of furan rings is 1. The highest BCUT2D eigenvalue weighted by atomic mass is 16.3. The van der Waals surface area contributed by atoms with Crippen LogP contribution in [-0.4, -0.2) is 15.0 Å². The summed E-state index contributed by atoms with van der Waals surface area (Å²) in [6.07, 6.45) is 4.68. The van der Waals surface area contributed by atoms with Gasteiger partial charge in [-0.25, -0.2) is 9.97 Å². The first-order valence-electron chi connectivity index (χ1n) is 5.42. The van der Waals surface area contributed by atoms with E-state index in [0.29, 0.717) is 29.3 Å². The number of aromatic nitrogens is 3. The van der Waals surface area contributed by atoms with Crippen molar-refractivity contribution in [2.24, 2.45) is 5.73 Å². The monoisotopic (exact) mass is 241 g/mol. The fourth-order valence-electron chi connectivity index (χ4n) is 1.73. The topological polar surface area (TPSA) is 104 Å². The number of nitrogen functional groups attached to an aromatic ring is 1. The molecule has 0 aromatic carbocycles. The highest BCUT2D eigenvalue weighted by Crippen LogP contribution is 2.24. The zero-order valence-corrected chi connectivity index (χ0v) is 9.50. The number of anilines is 1. The molecule has 0 aliphatic carbocycles. The first kappa shape index (κ1) is 10.7. The van der Waals surface area contributed by atoms with E-state index in [-0.39, 0.29) is 0 Å². The van der Waals surface area contributed by atoms with E-state index in [0.717, 1.165) is 10.9 Å². The highest BCUT2D eigenvalue weighted by molar-refractivity contribution is 5.89. The molecular formula is C12H11N5O. The SMILES string of the molecule is NCc1coc(-c2cc3c(N)ncnc3cn2)c1. The predicted octanol–water partition coefficient (Wildman–Crippen LogP) is 1.33. The molecule has 0 unspecified atom stereocenters. The van der Waals surface area contributed by atoms with Gasteiger partial charge in [0.25, 0.3) is 0 Å². The lowest BCUT2D eigenvalue weighted by molar-refractivity contribution is 0.576. The van der Waals surface area contributed by atoms with Crippen LogP contribution >= 0.6 is 0 Å². The van der Waals surface area contributed by atoms with Gasteiger partial charge in [-0.1, -0.05) is 0 Å². The minimum absolute atomic E-state index is 0.425. The fraction of sp³-hybridized carbons (Fsp3) is 0.0833. The zero-order chi connectivity index (χ0) is 12.5. The summed E-state index contributed by atoms with van der Waals surface area (Å²) < 4.78 is 5.41. The number of rotatable bonds is 2. The third kappa shape index (κ3) is 1.68. The van der Waals surface area contributed by atoms with Crippen molar-refractivity contribution in [1.29, 1.82) is 0 Å². The Morgan fingerprint density at radius 3 is 2.83 bits per heavy atom. The second-order valence-electron chi connectivity index (χ2n) is 3.87.